The van der Waals surface area contributed by atoms with Crippen molar-refractivity contribution in [1.82, 2.24) is 4.98 Å². The smallest absolute Gasteiger partial charge is 0.255 e. The van der Waals surface area contributed by atoms with E-state index >= 15 is 0 Å². The quantitative estimate of drug-likeness (QED) is 0.516. The number of carbonyl (C=O) groups is 2. The molecule has 0 aliphatic carbocycles. The molecule has 0 aliphatic rings. The van der Waals surface area contributed by atoms with Crippen molar-refractivity contribution in [3.05, 3.63) is 78.1 Å². The van der Waals surface area contributed by atoms with Crippen LogP contribution >= 0.6 is 0 Å². The number of nitrogens with one attached hydrogen (secondary N) is 1. The number of hydrogen-bond acceptors (Lipinski definition) is 6. The highest BCUT2D eigenvalue weighted by molar-refractivity contribution is 6.04. The number of rotatable bonds is 9. The highest BCUT2D eigenvalue weighted by Gasteiger charge is 2.20. The molecule has 1 unspecified atom stereocenters. The fourth-order valence-electron chi connectivity index (χ4n) is 3.43. The van der Waals surface area contributed by atoms with Gasteiger partial charge in [-0.2, -0.15) is 0 Å². The number of ether oxygens (including phenoxy) is 2. The fourth-order valence-corrected chi connectivity index (χ4v) is 3.43. The topological polar surface area (TPSA) is 107 Å². The summed E-state index contributed by atoms with van der Waals surface area (Å²) in [6.07, 6.45) is 3.33. The lowest BCUT2D eigenvalue weighted by Gasteiger charge is -2.24. The standard InChI is InChI=1S/C25H28N4O4/c1-4-29(20-9-10-22(32-2)23(15-20)33-3)24(30)16-21(26)17-5-7-18(8-6-17)25(31)28-19-11-13-27-14-12-19/h5-15,21H,4,16,26H2,1-3H3,(H,27,28,31). The number of nitrogens with two attached hydrogens (primary N) is 1. The van der Waals surface area contributed by atoms with Gasteiger partial charge in [-0.15, -0.1) is 0 Å². The molecule has 0 saturated heterocycles. The highest BCUT2D eigenvalue weighted by atomic mass is 16.5. The summed E-state index contributed by atoms with van der Waals surface area (Å²) in [6, 6.07) is 15.2. The number of hydrogen-bond donors (Lipinski definition) is 2. The third-order valence-electron chi connectivity index (χ3n) is 5.23. The fraction of sp³-hybridized carbons (Fsp3) is 0.240. The molecule has 8 nitrogen and oxygen atoms in total. The van der Waals surface area contributed by atoms with Crippen LogP contribution in [0.1, 0.15) is 35.3 Å². The number of nitrogens with zero attached hydrogens (tertiary/aromatic N) is 2. The monoisotopic (exact) mass is 448 g/mol. The summed E-state index contributed by atoms with van der Waals surface area (Å²) < 4.78 is 10.6. The van der Waals surface area contributed by atoms with E-state index in [-0.39, 0.29) is 18.2 Å². The van der Waals surface area contributed by atoms with Crippen LogP contribution in [0.15, 0.2) is 67.0 Å². The van der Waals surface area contributed by atoms with Crippen LogP contribution in [0.5, 0.6) is 11.5 Å². The van der Waals surface area contributed by atoms with Crippen molar-refractivity contribution in [2.75, 3.05) is 31.0 Å². The van der Waals surface area contributed by atoms with E-state index in [1.54, 1.807) is 80.0 Å². The van der Waals surface area contributed by atoms with Crippen molar-refractivity contribution in [1.29, 1.82) is 0 Å². The summed E-state index contributed by atoms with van der Waals surface area (Å²) in [5.41, 5.74) is 8.95. The number of benzene rings is 2. The van der Waals surface area contributed by atoms with Crippen LogP contribution in [0.4, 0.5) is 11.4 Å². The number of pyridine rings is 1. The Hall–Kier alpha value is -3.91. The molecule has 3 rings (SSSR count). The van der Waals surface area contributed by atoms with Crippen LogP contribution in [-0.2, 0) is 4.79 Å². The van der Waals surface area contributed by atoms with Crippen molar-refractivity contribution < 1.29 is 19.1 Å². The van der Waals surface area contributed by atoms with Gasteiger partial charge in [-0.05, 0) is 48.9 Å². The molecule has 1 heterocycles. The molecule has 0 radical (unpaired) electrons. The Labute approximate surface area is 193 Å². The predicted octanol–water partition coefficient (Wildman–Crippen LogP) is 3.79. The summed E-state index contributed by atoms with van der Waals surface area (Å²) in [4.78, 5) is 31.0. The van der Waals surface area contributed by atoms with Crippen molar-refractivity contribution in [2.24, 2.45) is 5.73 Å². The van der Waals surface area contributed by atoms with Gasteiger partial charge >= 0.3 is 0 Å². The van der Waals surface area contributed by atoms with Gasteiger partial charge in [0, 0.05) is 54.4 Å². The van der Waals surface area contributed by atoms with Crippen LogP contribution in [-0.4, -0.2) is 37.6 Å². The number of carbonyl (C=O) groups excluding carboxylic acids is 2. The first-order chi connectivity index (χ1) is 16.0. The van der Waals surface area contributed by atoms with Crippen molar-refractivity contribution in [2.45, 2.75) is 19.4 Å². The SMILES string of the molecule is CCN(C(=O)CC(N)c1ccc(C(=O)Nc2ccncc2)cc1)c1ccc(OC)c(OC)c1. The first-order valence-corrected chi connectivity index (χ1v) is 10.6. The molecule has 0 spiro atoms. The Balaban J connectivity index is 1.66. The molecule has 3 aromatic rings. The second-order valence-corrected chi connectivity index (χ2v) is 7.30. The number of aromatic nitrogens is 1. The average Bonchev–Trinajstić information content (AvgIpc) is 2.85. The van der Waals surface area contributed by atoms with Crippen LogP contribution in [0.3, 0.4) is 0 Å². The Kier molecular flexibility index (Phi) is 7.99. The average molecular weight is 449 g/mol. The molecule has 0 saturated carbocycles. The molecule has 2 aromatic carbocycles. The molecule has 33 heavy (non-hydrogen) atoms. The maximum atomic E-state index is 13.0. The van der Waals surface area contributed by atoms with Crippen LogP contribution in [0.2, 0.25) is 0 Å². The van der Waals surface area contributed by atoms with Gasteiger partial charge in [0.2, 0.25) is 5.91 Å². The van der Waals surface area contributed by atoms with Crippen molar-refractivity contribution in [3.8, 4) is 11.5 Å². The van der Waals surface area contributed by atoms with E-state index in [1.807, 2.05) is 13.0 Å². The largest absolute Gasteiger partial charge is 0.493 e. The maximum absolute atomic E-state index is 13.0. The van der Waals surface area contributed by atoms with Crippen LogP contribution < -0.4 is 25.4 Å². The molecule has 0 aliphatic heterocycles. The molecule has 1 atom stereocenters. The van der Waals surface area contributed by atoms with E-state index in [2.05, 4.69) is 10.3 Å². The molecular formula is C25H28N4O4. The third kappa shape index (κ3) is 5.87. The van der Waals surface area contributed by atoms with Crippen molar-refractivity contribution in [3.63, 3.8) is 0 Å². The van der Waals surface area contributed by atoms with E-state index in [1.165, 1.54) is 0 Å². The minimum atomic E-state index is -0.510. The molecule has 172 valence electrons. The number of anilines is 2. The first-order valence-electron chi connectivity index (χ1n) is 10.6. The summed E-state index contributed by atoms with van der Waals surface area (Å²) in [6.45, 7) is 2.38. The zero-order valence-electron chi connectivity index (χ0n) is 18.9. The second kappa shape index (κ2) is 11.1. The third-order valence-corrected chi connectivity index (χ3v) is 5.23. The molecule has 2 amide bonds. The highest BCUT2D eigenvalue weighted by Crippen LogP contribution is 2.32. The molecular weight excluding hydrogens is 420 g/mol. The van der Waals surface area contributed by atoms with E-state index < -0.39 is 6.04 Å². The molecule has 8 heteroatoms. The zero-order valence-corrected chi connectivity index (χ0v) is 18.9. The Morgan fingerprint density at radius 1 is 1.00 bits per heavy atom. The summed E-state index contributed by atoms with van der Waals surface area (Å²) in [5.74, 6) is 0.792. The van der Waals surface area contributed by atoms with Gasteiger partial charge < -0.3 is 25.4 Å². The summed E-state index contributed by atoms with van der Waals surface area (Å²) in [7, 11) is 3.12. The minimum absolute atomic E-state index is 0.114. The molecule has 3 N–H and O–H groups in total. The lowest BCUT2D eigenvalue weighted by Crippen LogP contribution is -2.33. The normalized spacial score (nSPS) is 11.4. The molecule has 1 aromatic heterocycles. The van der Waals surface area contributed by atoms with Gasteiger partial charge in [0.05, 0.1) is 14.2 Å². The van der Waals surface area contributed by atoms with E-state index in [4.69, 9.17) is 15.2 Å². The van der Waals surface area contributed by atoms with E-state index in [0.717, 1.165) is 5.56 Å². The van der Waals surface area contributed by atoms with E-state index in [0.29, 0.717) is 35.0 Å². The Morgan fingerprint density at radius 2 is 1.67 bits per heavy atom. The second-order valence-electron chi connectivity index (χ2n) is 7.30. The lowest BCUT2D eigenvalue weighted by atomic mass is 10.0. The van der Waals surface area contributed by atoms with Gasteiger partial charge in [0.25, 0.3) is 5.91 Å². The first kappa shape index (κ1) is 23.7. The molecule has 0 fully saturated rings. The molecule has 0 bridgehead atoms. The summed E-state index contributed by atoms with van der Waals surface area (Å²) in [5, 5.41) is 2.81. The maximum Gasteiger partial charge on any atom is 0.255 e. The Morgan fingerprint density at radius 3 is 2.27 bits per heavy atom. The summed E-state index contributed by atoms with van der Waals surface area (Å²) >= 11 is 0. The van der Waals surface area contributed by atoms with Gasteiger partial charge in [-0.1, -0.05) is 12.1 Å². The van der Waals surface area contributed by atoms with Crippen LogP contribution in [0, 0.1) is 0 Å². The number of methoxy groups -OCH3 is 2. The number of amides is 2. The predicted molar refractivity (Wildman–Crippen MR) is 128 cm³/mol. The van der Waals surface area contributed by atoms with E-state index in [9.17, 15) is 9.59 Å². The zero-order chi connectivity index (χ0) is 23.8. The van der Waals surface area contributed by atoms with Crippen LogP contribution in [0.25, 0.3) is 0 Å². The van der Waals surface area contributed by atoms with Gasteiger partial charge in [-0.25, -0.2) is 0 Å². The van der Waals surface area contributed by atoms with Gasteiger partial charge in [-0.3, -0.25) is 14.6 Å². The minimum Gasteiger partial charge on any atom is -0.493 e. The lowest BCUT2D eigenvalue weighted by molar-refractivity contribution is -0.118. The Bertz CT molecular complexity index is 1090. The van der Waals surface area contributed by atoms with Crippen molar-refractivity contribution >= 4 is 23.2 Å². The van der Waals surface area contributed by atoms with Gasteiger partial charge in [0.15, 0.2) is 11.5 Å². The van der Waals surface area contributed by atoms with Gasteiger partial charge in [0.1, 0.15) is 0 Å².